The molecule has 18 heavy (non-hydrogen) atoms. The van der Waals surface area contributed by atoms with Crippen LogP contribution in [0.25, 0.3) is 11.5 Å². The minimum Gasteiger partial charge on any atom is -0.373 e. The molecular formula is C13H18N4S. The van der Waals surface area contributed by atoms with Crippen LogP contribution in [0.15, 0.2) is 11.4 Å². The highest BCUT2D eigenvalue weighted by Crippen LogP contribution is 2.21. The molecule has 2 aromatic rings. The molecule has 0 unspecified atom stereocenters. The number of anilines is 1. The molecule has 0 spiro atoms. The molecule has 0 saturated carbocycles. The Labute approximate surface area is 112 Å². The molecule has 0 atom stereocenters. The third-order valence-corrected chi connectivity index (χ3v) is 3.27. The zero-order chi connectivity index (χ0) is 13.1. The van der Waals surface area contributed by atoms with Crippen LogP contribution in [0.2, 0.25) is 0 Å². The van der Waals surface area contributed by atoms with Gasteiger partial charge in [-0.2, -0.15) is 0 Å². The minimum absolute atomic E-state index is 0.578. The number of hydrogen-bond donors (Lipinski definition) is 1. The zero-order valence-electron chi connectivity index (χ0n) is 11.2. The molecule has 0 aliphatic heterocycles. The average Bonchev–Trinajstić information content (AvgIpc) is 2.74. The van der Waals surface area contributed by atoms with Crippen LogP contribution >= 0.6 is 11.3 Å². The van der Waals surface area contributed by atoms with E-state index in [2.05, 4.69) is 34.1 Å². The summed E-state index contributed by atoms with van der Waals surface area (Å²) in [5.74, 6) is 2.14. The van der Waals surface area contributed by atoms with E-state index < -0.39 is 0 Å². The van der Waals surface area contributed by atoms with Crippen LogP contribution in [0.1, 0.15) is 24.5 Å². The average molecular weight is 262 g/mol. The van der Waals surface area contributed by atoms with Gasteiger partial charge in [-0.05, 0) is 19.3 Å². The van der Waals surface area contributed by atoms with Gasteiger partial charge in [0.1, 0.15) is 11.5 Å². The second-order valence-corrected chi connectivity index (χ2v) is 5.73. The van der Waals surface area contributed by atoms with Crippen molar-refractivity contribution in [3.05, 3.63) is 22.1 Å². The lowest BCUT2D eigenvalue weighted by Gasteiger charge is -2.08. The standard InChI is InChI=1S/C13H18N4S/c1-8(2)5-10-6-12(14-4)17-13(16-10)11-7-18-9(3)15-11/h6-8H,5H2,1-4H3,(H,14,16,17). The van der Waals surface area contributed by atoms with E-state index in [1.165, 1.54) is 0 Å². The minimum atomic E-state index is 0.578. The van der Waals surface area contributed by atoms with E-state index >= 15 is 0 Å². The van der Waals surface area contributed by atoms with Crippen LogP contribution in [0.3, 0.4) is 0 Å². The monoisotopic (exact) mass is 262 g/mol. The summed E-state index contributed by atoms with van der Waals surface area (Å²) < 4.78 is 0. The molecule has 5 heteroatoms. The van der Waals surface area contributed by atoms with Gasteiger partial charge >= 0.3 is 0 Å². The summed E-state index contributed by atoms with van der Waals surface area (Å²) in [6.45, 7) is 6.37. The van der Waals surface area contributed by atoms with Gasteiger partial charge in [-0.3, -0.25) is 0 Å². The van der Waals surface area contributed by atoms with Gasteiger partial charge in [-0.25, -0.2) is 15.0 Å². The number of aromatic nitrogens is 3. The summed E-state index contributed by atoms with van der Waals surface area (Å²) in [7, 11) is 1.87. The van der Waals surface area contributed by atoms with Crippen LogP contribution in [-0.2, 0) is 6.42 Å². The molecule has 0 bridgehead atoms. The molecule has 2 aromatic heterocycles. The number of rotatable bonds is 4. The maximum atomic E-state index is 4.60. The maximum absolute atomic E-state index is 4.60. The van der Waals surface area contributed by atoms with E-state index in [0.29, 0.717) is 11.7 Å². The van der Waals surface area contributed by atoms with Crippen molar-refractivity contribution in [1.82, 2.24) is 15.0 Å². The molecule has 0 amide bonds. The molecule has 2 heterocycles. The first-order valence-electron chi connectivity index (χ1n) is 6.06. The summed E-state index contributed by atoms with van der Waals surface area (Å²) >= 11 is 1.62. The zero-order valence-corrected chi connectivity index (χ0v) is 12.0. The van der Waals surface area contributed by atoms with Crippen molar-refractivity contribution in [2.75, 3.05) is 12.4 Å². The molecule has 0 aliphatic rings. The second-order valence-electron chi connectivity index (χ2n) is 4.67. The van der Waals surface area contributed by atoms with Crippen molar-refractivity contribution in [2.24, 2.45) is 5.92 Å². The Balaban J connectivity index is 2.40. The lowest BCUT2D eigenvalue weighted by atomic mass is 10.1. The van der Waals surface area contributed by atoms with Gasteiger partial charge in [0.2, 0.25) is 0 Å². The van der Waals surface area contributed by atoms with E-state index in [1.54, 1.807) is 11.3 Å². The van der Waals surface area contributed by atoms with Gasteiger partial charge in [-0.1, -0.05) is 13.8 Å². The normalized spacial score (nSPS) is 10.9. The van der Waals surface area contributed by atoms with Gasteiger partial charge in [0.25, 0.3) is 0 Å². The second kappa shape index (κ2) is 5.44. The highest BCUT2D eigenvalue weighted by Gasteiger charge is 2.10. The first-order valence-corrected chi connectivity index (χ1v) is 6.94. The maximum Gasteiger partial charge on any atom is 0.181 e. The molecule has 0 aliphatic carbocycles. The summed E-state index contributed by atoms with van der Waals surface area (Å²) in [5, 5.41) is 6.12. The summed E-state index contributed by atoms with van der Waals surface area (Å²) in [6, 6.07) is 2.00. The Morgan fingerprint density at radius 2 is 2.06 bits per heavy atom. The van der Waals surface area contributed by atoms with Crippen molar-refractivity contribution in [2.45, 2.75) is 27.2 Å². The molecule has 4 nitrogen and oxygen atoms in total. The number of thiazole rings is 1. The van der Waals surface area contributed by atoms with E-state index in [9.17, 15) is 0 Å². The van der Waals surface area contributed by atoms with Gasteiger partial charge < -0.3 is 5.32 Å². The van der Waals surface area contributed by atoms with Gasteiger partial charge in [-0.15, -0.1) is 11.3 Å². The summed E-state index contributed by atoms with van der Waals surface area (Å²) in [5.41, 5.74) is 1.92. The topological polar surface area (TPSA) is 50.7 Å². The fourth-order valence-corrected chi connectivity index (χ4v) is 2.32. The third-order valence-electron chi connectivity index (χ3n) is 2.50. The molecule has 0 radical (unpaired) electrons. The van der Waals surface area contributed by atoms with Crippen molar-refractivity contribution < 1.29 is 0 Å². The molecule has 0 fully saturated rings. The SMILES string of the molecule is CNc1cc(CC(C)C)nc(-c2csc(C)n2)n1. The van der Waals surface area contributed by atoms with Crippen molar-refractivity contribution in [3.63, 3.8) is 0 Å². The highest BCUT2D eigenvalue weighted by molar-refractivity contribution is 7.09. The Hall–Kier alpha value is -1.49. The Morgan fingerprint density at radius 3 is 2.61 bits per heavy atom. The summed E-state index contributed by atoms with van der Waals surface area (Å²) in [6.07, 6.45) is 0.952. The first kappa shape index (κ1) is 13.0. The number of nitrogens with one attached hydrogen (secondary N) is 1. The van der Waals surface area contributed by atoms with Crippen LogP contribution < -0.4 is 5.32 Å². The Kier molecular flexibility index (Phi) is 3.91. The van der Waals surface area contributed by atoms with Crippen molar-refractivity contribution >= 4 is 17.2 Å². The fourth-order valence-electron chi connectivity index (χ4n) is 1.73. The van der Waals surface area contributed by atoms with Crippen LogP contribution in [0.4, 0.5) is 5.82 Å². The Morgan fingerprint density at radius 1 is 1.28 bits per heavy atom. The van der Waals surface area contributed by atoms with E-state index in [0.717, 1.165) is 28.6 Å². The fraction of sp³-hybridized carbons (Fsp3) is 0.462. The highest BCUT2D eigenvalue weighted by atomic mass is 32.1. The number of hydrogen-bond acceptors (Lipinski definition) is 5. The smallest absolute Gasteiger partial charge is 0.181 e. The molecule has 96 valence electrons. The van der Waals surface area contributed by atoms with E-state index in [4.69, 9.17) is 0 Å². The van der Waals surface area contributed by atoms with Gasteiger partial charge in [0, 0.05) is 24.2 Å². The third kappa shape index (κ3) is 3.04. The predicted octanol–water partition coefficient (Wildman–Crippen LogP) is 3.15. The molecular weight excluding hydrogens is 244 g/mol. The quantitative estimate of drug-likeness (QED) is 0.919. The van der Waals surface area contributed by atoms with Crippen LogP contribution in [-0.4, -0.2) is 22.0 Å². The first-order chi connectivity index (χ1) is 8.58. The lowest BCUT2D eigenvalue weighted by Crippen LogP contribution is -2.03. The predicted molar refractivity (Wildman–Crippen MR) is 76.0 cm³/mol. The van der Waals surface area contributed by atoms with Crippen LogP contribution in [0, 0.1) is 12.8 Å². The van der Waals surface area contributed by atoms with E-state index in [1.807, 2.05) is 25.4 Å². The molecule has 1 N–H and O–H groups in total. The molecule has 2 rings (SSSR count). The van der Waals surface area contributed by atoms with Crippen molar-refractivity contribution in [3.8, 4) is 11.5 Å². The molecule has 0 saturated heterocycles. The summed E-state index contributed by atoms with van der Waals surface area (Å²) in [4.78, 5) is 13.5. The van der Waals surface area contributed by atoms with Gasteiger partial charge in [0.05, 0.1) is 5.01 Å². The van der Waals surface area contributed by atoms with Gasteiger partial charge in [0.15, 0.2) is 5.82 Å². The lowest BCUT2D eigenvalue weighted by molar-refractivity contribution is 0.635. The van der Waals surface area contributed by atoms with Crippen LogP contribution in [0.5, 0.6) is 0 Å². The van der Waals surface area contributed by atoms with Crippen molar-refractivity contribution in [1.29, 1.82) is 0 Å². The largest absolute Gasteiger partial charge is 0.373 e. The Bertz CT molecular complexity index is 534. The number of nitrogens with zero attached hydrogens (tertiary/aromatic N) is 3. The van der Waals surface area contributed by atoms with E-state index in [-0.39, 0.29) is 0 Å². The molecule has 0 aromatic carbocycles. The number of aryl methyl sites for hydroxylation is 1.